The molecule has 1 aliphatic rings. The van der Waals surface area contributed by atoms with Gasteiger partial charge in [0.15, 0.2) is 0 Å². The summed E-state index contributed by atoms with van der Waals surface area (Å²) in [6, 6.07) is 4.58. The minimum absolute atomic E-state index is 0.00770. The number of anilines is 1. The number of hydrogen-bond donors (Lipinski definition) is 2. The van der Waals surface area contributed by atoms with E-state index in [0.29, 0.717) is 31.1 Å². The number of piperidine rings is 1. The maximum absolute atomic E-state index is 13.1. The molecule has 2 amide bonds. The van der Waals surface area contributed by atoms with E-state index in [1.54, 1.807) is 11.0 Å². The smallest absolute Gasteiger partial charge is 0.243 e. The lowest BCUT2D eigenvalue weighted by molar-refractivity contribution is -0.123. The van der Waals surface area contributed by atoms with Crippen LogP contribution in [-0.4, -0.2) is 74.3 Å². The van der Waals surface area contributed by atoms with Crippen LogP contribution in [0, 0.1) is 0 Å². The minimum Gasteiger partial charge on any atom is -0.489 e. The van der Waals surface area contributed by atoms with E-state index in [0.717, 1.165) is 19.3 Å². The zero-order valence-electron chi connectivity index (χ0n) is 20.4. The van der Waals surface area contributed by atoms with Gasteiger partial charge in [0.1, 0.15) is 5.75 Å². The Morgan fingerprint density at radius 1 is 1.06 bits per heavy atom. The second-order valence-corrected chi connectivity index (χ2v) is 10.8. The van der Waals surface area contributed by atoms with Crippen molar-refractivity contribution >= 4 is 27.5 Å². The van der Waals surface area contributed by atoms with Crippen molar-refractivity contribution in [3.63, 3.8) is 0 Å². The molecule has 2 rings (SSSR count). The van der Waals surface area contributed by atoms with Gasteiger partial charge in [-0.2, -0.15) is 4.31 Å². The van der Waals surface area contributed by atoms with E-state index in [4.69, 9.17) is 4.74 Å². The van der Waals surface area contributed by atoms with Gasteiger partial charge in [-0.1, -0.05) is 13.3 Å². The third-order valence-corrected chi connectivity index (χ3v) is 7.07. The van der Waals surface area contributed by atoms with E-state index in [9.17, 15) is 18.0 Å². The van der Waals surface area contributed by atoms with Gasteiger partial charge in [-0.25, -0.2) is 8.42 Å². The highest BCUT2D eigenvalue weighted by Crippen LogP contribution is 2.31. The van der Waals surface area contributed by atoms with Gasteiger partial charge in [0, 0.05) is 19.1 Å². The van der Waals surface area contributed by atoms with E-state index in [2.05, 4.69) is 10.6 Å². The molecule has 1 aromatic carbocycles. The fourth-order valence-electron chi connectivity index (χ4n) is 3.62. The summed E-state index contributed by atoms with van der Waals surface area (Å²) in [6.07, 6.45) is 2.55. The highest BCUT2D eigenvalue weighted by molar-refractivity contribution is 7.89. The van der Waals surface area contributed by atoms with Gasteiger partial charge in [0.05, 0.1) is 29.8 Å². The lowest BCUT2D eigenvalue weighted by Crippen LogP contribution is -2.42. The number of ether oxygens (including phenoxy) is 1. The summed E-state index contributed by atoms with van der Waals surface area (Å²) in [5.41, 5.74) is 0.300. The number of nitrogens with one attached hydrogen (secondary N) is 2. The molecule has 0 aromatic heterocycles. The summed E-state index contributed by atoms with van der Waals surface area (Å²) < 4.78 is 33.5. The Balaban J connectivity index is 2.20. The number of amides is 2. The zero-order valence-corrected chi connectivity index (χ0v) is 21.2. The number of nitrogens with zero attached hydrogens (tertiary/aromatic N) is 2. The minimum atomic E-state index is -3.66. The number of carbonyl (C=O) groups excluding carboxylic acids is 2. The maximum Gasteiger partial charge on any atom is 0.243 e. The number of rotatable bonds is 11. The Hall–Kier alpha value is -2.17. The third kappa shape index (κ3) is 8.28. The van der Waals surface area contributed by atoms with Crippen LogP contribution < -0.4 is 15.4 Å². The van der Waals surface area contributed by atoms with E-state index in [1.165, 1.54) is 16.4 Å². The van der Waals surface area contributed by atoms with E-state index in [1.807, 2.05) is 34.6 Å². The monoisotopic (exact) mass is 482 g/mol. The van der Waals surface area contributed by atoms with Crippen molar-refractivity contribution in [3.8, 4) is 5.75 Å². The number of likely N-dealkylation sites (N-methyl/N-ethyl adjacent to an activating group) is 1. The van der Waals surface area contributed by atoms with Gasteiger partial charge in [-0.15, -0.1) is 0 Å². The quantitative estimate of drug-likeness (QED) is 0.502. The molecule has 0 radical (unpaired) electrons. The predicted octanol–water partition coefficient (Wildman–Crippen LogP) is 2.43. The van der Waals surface area contributed by atoms with E-state index >= 15 is 0 Å². The Labute approximate surface area is 197 Å². The topological polar surface area (TPSA) is 108 Å². The third-order valence-electron chi connectivity index (χ3n) is 5.17. The second-order valence-electron chi connectivity index (χ2n) is 8.86. The number of carbonyl (C=O) groups is 2. The van der Waals surface area contributed by atoms with Gasteiger partial charge in [0.2, 0.25) is 21.8 Å². The van der Waals surface area contributed by atoms with Crippen molar-refractivity contribution < 1.29 is 22.7 Å². The molecule has 0 aliphatic carbocycles. The Bertz CT molecular complexity index is 911. The molecule has 0 bridgehead atoms. The van der Waals surface area contributed by atoms with Gasteiger partial charge in [0.25, 0.3) is 0 Å². The summed E-state index contributed by atoms with van der Waals surface area (Å²) in [7, 11) is -3.66. The van der Waals surface area contributed by atoms with Crippen LogP contribution in [0.15, 0.2) is 23.1 Å². The van der Waals surface area contributed by atoms with Crippen LogP contribution in [0.5, 0.6) is 5.75 Å². The summed E-state index contributed by atoms with van der Waals surface area (Å²) >= 11 is 0. The standard InChI is InChI=1S/C23H38N4O5S/c1-6-26(15-22(28)24-17(2)3)16-23(29)25-20-14-19(10-11-21(20)32-18(4)5)33(30,31)27-12-8-7-9-13-27/h10-11,14,17-18H,6-9,12-13,15-16H2,1-5H3,(H,24,28)(H,25,29). The Kier molecular flexibility index (Phi) is 10.1. The normalized spacial score (nSPS) is 15.2. The first-order valence-electron chi connectivity index (χ1n) is 11.6. The van der Waals surface area contributed by atoms with Gasteiger partial charge < -0.3 is 15.4 Å². The van der Waals surface area contributed by atoms with Crippen molar-refractivity contribution in [2.45, 2.75) is 70.9 Å². The van der Waals surface area contributed by atoms with Crippen molar-refractivity contribution in [2.75, 3.05) is 38.0 Å². The molecule has 0 unspecified atom stereocenters. The van der Waals surface area contributed by atoms with Crippen LogP contribution >= 0.6 is 0 Å². The molecule has 0 spiro atoms. The van der Waals surface area contributed by atoms with Crippen LogP contribution in [0.2, 0.25) is 0 Å². The van der Waals surface area contributed by atoms with E-state index < -0.39 is 10.0 Å². The summed E-state index contributed by atoms with van der Waals surface area (Å²) in [5.74, 6) is -0.107. The average molecular weight is 483 g/mol. The first-order chi connectivity index (χ1) is 15.5. The average Bonchev–Trinajstić information content (AvgIpc) is 2.74. The fraction of sp³-hybridized carbons (Fsp3) is 0.652. The van der Waals surface area contributed by atoms with Crippen LogP contribution in [0.25, 0.3) is 0 Å². The molecular weight excluding hydrogens is 444 g/mol. The molecule has 9 nitrogen and oxygen atoms in total. The largest absolute Gasteiger partial charge is 0.489 e. The van der Waals surface area contributed by atoms with Crippen molar-refractivity contribution in [2.24, 2.45) is 0 Å². The first kappa shape index (κ1) is 27.1. The predicted molar refractivity (Wildman–Crippen MR) is 129 cm³/mol. The van der Waals surface area contributed by atoms with Crippen LogP contribution in [0.1, 0.15) is 53.9 Å². The van der Waals surface area contributed by atoms with Crippen molar-refractivity contribution in [1.29, 1.82) is 0 Å². The fourth-order valence-corrected chi connectivity index (χ4v) is 5.17. The van der Waals surface area contributed by atoms with Gasteiger partial charge in [-0.05, 0) is 65.3 Å². The molecule has 1 saturated heterocycles. The number of sulfonamides is 1. The lowest BCUT2D eigenvalue weighted by Gasteiger charge is -2.26. The van der Waals surface area contributed by atoms with E-state index in [-0.39, 0.29) is 41.9 Å². The highest BCUT2D eigenvalue weighted by atomic mass is 32.2. The van der Waals surface area contributed by atoms with Gasteiger partial charge in [-0.3, -0.25) is 14.5 Å². The molecule has 0 saturated carbocycles. The molecule has 1 aromatic rings. The SMILES string of the molecule is CCN(CC(=O)Nc1cc(S(=O)(=O)N2CCCCC2)ccc1OC(C)C)CC(=O)NC(C)C. The van der Waals surface area contributed by atoms with Crippen molar-refractivity contribution in [3.05, 3.63) is 18.2 Å². The van der Waals surface area contributed by atoms with Crippen LogP contribution in [0.4, 0.5) is 5.69 Å². The molecule has 0 atom stereocenters. The van der Waals surface area contributed by atoms with Crippen LogP contribution in [0.3, 0.4) is 0 Å². The van der Waals surface area contributed by atoms with Crippen molar-refractivity contribution in [1.82, 2.24) is 14.5 Å². The molecule has 186 valence electrons. The first-order valence-corrected chi connectivity index (χ1v) is 13.1. The zero-order chi connectivity index (χ0) is 24.6. The Morgan fingerprint density at radius 2 is 1.70 bits per heavy atom. The molecule has 1 heterocycles. The second kappa shape index (κ2) is 12.3. The van der Waals surface area contributed by atoms with Gasteiger partial charge >= 0.3 is 0 Å². The molecular formula is C23H38N4O5S. The summed E-state index contributed by atoms with van der Waals surface area (Å²) in [6.45, 7) is 10.9. The number of benzene rings is 1. The number of hydrogen-bond acceptors (Lipinski definition) is 6. The molecule has 33 heavy (non-hydrogen) atoms. The van der Waals surface area contributed by atoms with Crippen LogP contribution in [-0.2, 0) is 19.6 Å². The molecule has 10 heteroatoms. The summed E-state index contributed by atoms with van der Waals surface area (Å²) in [4.78, 5) is 26.7. The molecule has 1 aliphatic heterocycles. The lowest BCUT2D eigenvalue weighted by atomic mass is 10.2. The highest BCUT2D eigenvalue weighted by Gasteiger charge is 2.27. The Morgan fingerprint density at radius 3 is 2.27 bits per heavy atom. The molecule has 1 fully saturated rings. The maximum atomic E-state index is 13.1. The summed E-state index contributed by atoms with van der Waals surface area (Å²) in [5, 5.41) is 5.60. The molecule has 2 N–H and O–H groups in total.